The first kappa shape index (κ1) is 38.6. The van der Waals surface area contributed by atoms with Gasteiger partial charge in [-0.2, -0.15) is 0 Å². The highest BCUT2D eigenvalue weighted by Crippen LogP contribution is 2.47. The molecule has 4 aliphatic heterocycles. The fraction of sp³-hybridized carbons (Fsp3) is 0.643. The van der Waals surface area contributed by atoms with Gasteiger partial charge in [-0.3, -0.25) is 14.6 Å². The number of nitrogens with one attached hydrogen (secondary N) is 1. The topological polar surface area (TPSA) is 91.4 Å². The maximum Gasteiger partial charge on any atom is 0.264 e. The fourth-order valence-electron chi connectivity index (χ4n) is 9.52. The second-order valence-corrected chi connectivity index (χ2v) is 18.9. The Kier molecular flexibility index (Phi) is 12.1. The average molecular weight is 767 g/mol. The highest BCUT2D eigenvalue weighted by atomic mass is 35.5. The van der Waals surface area contributed by atoms with Gasteiger partial charge in [0, 0.05) is 63.0 Å². The molecule has 1 N–H and O–H groups in total. The number of fused-ring (bicyclic) bond motifs is 4. The molecule has 7 rings (SSSR count). The number of allylic oxidation sites excluding steroid dienone is 1. The fourth-order valence-corrected chi connectivity index (χ4v) is 11.0. The maximum atomic E-state index is 13.6. The number of sulfonamides is 1. The number of benzene rings is 2. The summed E-state index contributed by atoms with van der Waals surface area (Å²) in [6, 6.07) is 11.9. The third-order valence-corrected chi connectivity index (χ3v) is 15.3. The number of aryl methyl sites for hydroxylation is 1. The number of hydrogen-bond donors (Lipinski definition) is 1. The van der Waals surface area contributed by atoms with Crippen molar-refractivity contribution >= 4 is 33.2 Å². The molecule has 1 saturated carbocycles. The number of piperazine rings is 1. The summed E-state index contributed by atoms with van der Waals surface area (Å²) in [6.45, 7) is 10.8. The van der Waals surface area contributed by atoms with E-state index in [0.717, 1.165) is 87.6 Å². The van der Waals surface area contributed by atoms with Crippen molar-refractivity contribution in [3.63, 3.8) is 0 Å². The summed E-state index contributed by atoms with van der Waals surface area (Å²) in [7, 11) is -2.08. The van der Waals surface area contributed by atoms with E-state index in [0.29, 0.717) is 42.2 Å². The van der Waals surface area contributed by atoms with Crippen LogP contribution >= 0.6 is 11.6 Å². The van der Waals surface area contributed by atoms with Crippen molar-refractivity contribution < 1.29 is 22.7 Å². The minimum atomic E-state index is -3.95. The van der Waals surface area contributed by atoms with Crippen molar-refractivity contribution in [1.82, 2.24) is 14.5 Å². The smallest absolute Gasteiger partial charge is 0.264 e. The largest absolute Gasteiger partial charge is 0.487 e. The molecular formula is C42H59ClN4O5S. The molecule has 4 heterocycles. The van der Waals surface area contributed by atoms with Gasteiger partial charge in [-0.05, 0) is 124 Å². The van der Waals surface area contributed by atoms with Crippen LogP contribution < -0.4 is 14.4 Å². The van der Waals surface area contributed by atoms with E-state index in [1.807, 2.05) is 44.4 Å². The molecule has 53 heavy (non-hydrogen) atoms. The lowest BCUT2D eigenvalue weighted by Crippen LogP contribution is -2.60. The number of rotatable bonds is 3. The highest BCUT2D eigenvalue weighted by Gasteiger charge is 2.49. The number of ether oxygens (including phenoxy) is 2. The van der Waals surface area contributed by atoms with Crippen LogP contribution in [0.2, 0.25) is 5.02 Å². The summed E-state index contributed by atoms with van der Waals surface area (Å²) in [6.07, 6.45) is 15.2. The minimum Gasteiger partial charge on any atom is -0.487 e. The third-order valence-electron chi connectivity index (χ3n) is 13.2. The number of hydrogen-bond acceptors (Lipinski definition) is 8. The number of anilines is 1. The number of methoxy groups -OCH3 is 1. The van der Waals surface area contributed by atoms with E-state index in [1.54, 1.807) is 13.0 Å². The van der Waals surface area contributed by atoms with Crippen LogP contribution in [0.1, 0.15) is 93.1 Å². The second kappa shape index (κ2) is 16.6. The lowest BCUT2D eigenvalue weighted by atomic mass is 9.63. The Balaban J connectivity index is 1.24. The Bertz CT molecular complexity index is 1750. The molecule has 9 nitrogen and oxygen atoms in total. The normalized spacial score (nSPS) is 32.3. The van der Waals surface area contributed by atoms with Gasteiger partial charge < -0.3 is 14.4 Å². The van der Waals surface area contributed by atoms with Crippen molar-refractivity contribution in [3.05, 3.63) is 70.3 Å². The molecular weight excluding hydrogens is 708 g/mol. The van der Waals surface area contributed by atoms with Crippen LogP contribution in [-0.2, 0) is 27.8 Å². The molecule has 0 spiro atoms. The van der Waals surface area contributed by atoms with Crippen LogP contribution in [0.15, 0.2) is 48.6 Å². The van der Waals surface area contributed by atoms with Gasteiger partial charge in [0.2, 0.25) is 10.0 Å². The van der Waals surface area contributed by atoms with Gasteiger partial charge in [0.25, 0.3) is 5.91 Å². The van der Waals surface area contributed by atoms with Gasteiger partial charge in [0.15, 0.2) is 0 Å². The van der Waals surface area contributed by atoms with E-state index >= 15 is 0 Å². The van der Waals surface area contributed by atoms with E-state index in [9.17, 15) is 13.2 Å². The number of nitrogens with zero attached hydrogens (tertiary/aromatic N) is 3. The summed E-state index contributed by atoms with van der Waals surface area (Å²) in [4.78, 5) is 21.4. The number of halogens is 1. The van der Waals surface area contributed by atoms with Crippen LogP contribution in [0.3, 0.4) is 0 Å². The zero-order chi connectivity index (χ0) is 37.2. The summed E-state index contributed by atoms with van der Waals surface area (Å²) >= 11 is 6.42. The van der Waals surface area contributed by atoms with Gasteiger partial charge in [-0.25, -0.2) is 13.1 Å². The highest BCUT2D eigenvalue weighted by molar-refractivity contribution is 7.90. The first-order chi connectivity index (χ1) is 25.5. The quantitative estimate of drug-likeness (QED) is 0.332. The molecule has 6 atom stereocenters. The van der Waals surface area contributed by atoms with Crippen LogP contribution in [0.25, 0.3) is 0 Å². The number of carbonyl (C=O) groups excluding carboxylic acids is 1. The van der Waals surface area contributed by atoms with Crippen LogP contribution in [0.5, 0.6) is 5.75 Å². The van der Waals surface area contributed by atoms with Crippen molar-refractivity contribution in [2.24, 2.45) is 17.8 Å². The molecule has 11 heteroatoms. The molecule has 2 saturated heterocycles. The Morgan fingerprint density at radius 3 is 2.60 bits per heavy atom. The molecule has 2 aromatic rings. The lowest BCUT2D eigenvalue weighted by Gasteiger charge is -2.52. The zero-order valence-electron chi connectivity index (χ0n) is 31.9. The molecule has 0 unspecified atom stereocenters. The van der Waals surface area contributed by atoms with E-state index in [4.69, 9.17) is 21.1 Å². The Morgan fingerprint density at radius 2 is 1.79 bits per heavy atom. The lowest BCUT2D eigenvalue weighted by molar-refractivity contribution is -0.0986. The third kappa shape index (κ3) is 8.62. The Morgan fingerprint density at radius 1 is 0.943 bits per heavy atom. The number of amides is 1. The van der Waals surface area contributed by atoms with Gasteiger partial charge in [0.1, 0.15) is 18.0 Å². The summed E-state index contributed by atoms with van der Waals surface area (Å²) < 4.78 is 43.0. The first-order valence-corrected chi connectivity index (χ1v) is 22.0. The molecule has 5 aliphatic rings. The van der Waals surface area contributed by atoms with Crippen LogP contribution in [-0.4, -0.2) is 93.9 Å². The first-order valence-electron chi connectivity index (χ1n) is 20.1. The van der Waals surface area contributed by atoms with Gasteiger partial charge >= 0.3 is 0 Å². The predicted molar refractivity (Wildman–Crippen MR) is 212 cm³/mol. The van der Waals surface area contributed by atoms with Crippen molar-refractivity contribution in [2.75, 3.05) is 57.8 Å². The van der Waals surface area contributed by atoms with E-state index in [2.05, 4.69) is 31.6 Å². The Labute approximate surface area is 322 Å². The number of carbonyl (C=O) groups is 1. The predicted octanol–water partition coefficient (Wildman–Crippen LogP) is 7.08. The molecule has 1 amide bonds. The summed E-state index contributed by atoms with van der Waals surface area (Å²) in [5.74, 6) is 0.526. The van der Waals surface area contributed by atoms with E-state index in [-0.39, 0.29) is 5.92 Å². The summed E-state index contributed by atoms with van der Waals surface area (Å²) in [5.41, 5.74) is 2.93. The Hall–Kier alpha value is -2.63. The van der Waals surface area contributed by atoms with Gasteiger partial charge in [-0.1, -0.05) is 49.6 Å². The SMILES string of the molecule is CO[C@]1(CN2CCN3CCCCC[C@H]3C2)/C=C/C[C@H](C)[C@@H](C)S(=O)(=O)NC(=O)c2ccc3c(c2)N(CCCCc2cc(Cl)ccc2CO3)C[C@@H]2CC[C@H]21. The minimum absolute atomic E-state index is 0.209. The standard InChI is InChI=1S/C42H59ClN4O5S/c1-30-10-9-19-42(51-3,29-45-22-23-46-20-7-4-5-12-37(46)27-45)38-17-14-34(38)26-47-21-8-6-11-32-24-36(43)16-13-35(32)28-52-40-18-15-33(25-39(40)47)41(48)44-53(49,50)31(30)2/h9,13,15-16,18-19,24-25,30-31,34,37-38H,4-8,10-12,14,17,20-23,26-29H2,1-3H3,(H,44,48)/b19-9+/t30-,31+,34-,37-,38+,42-/m0/s1. The van der Waals surface area contributed by atoms with Crippen molar-refractivity contribution in [1.29, 1.82) is 0 Å². The average Bonchev–Trinajstić information content (AvgIpc) is 3.38. The second-order valence-electron chi connectivity index (χ2n) is 16.5. The van der Waals surface area contributed by atoms with Crippen molar-refractivity contribution in [2.45, 2.75) is 102 Å². The molecule has 2 aromatic carbocycles. The zero-order valence-corrected chi connectivity index (χ0v) is 33.5. The van der Waals surface area contributed by atoms with E-state index in [1.165, 1.54) is 37.8 Å². The molecule has 0 radical (unpaired) electrons. The molecule has 290 valence electrons. The van der Waals surface area contributed by atoms with Crippen LogP contribution in [0.4, 0.5) is 5.69 Å². The monoisotopic (exact) mass is 766 g/mol. The maximum absolute atomic E-state index is 13.6. The van der Waals surface area contributed by atoms with Gasteiger partial charge in [-0.15, -0.1) is 0 Å². The molecule has 1 aliphatic carbocycles. The molecule has 3 fully saturated rings. The molecule has 0 aromatic heterocycles. The van der Waals surface area contributed by atoms with Crippen LogP contribution in [0, 0.1) is 17.8 Å². The molecule has 2 bridgehead atoms. The van der Waals surface area contributed by atoms with Gasteiger partial charge in [0.05, 0.1) is 10.9 Å². The summed E-state index contributed by atoms with van der Waals surface area (Å²) in [5, 5.41) is -0.0452. The van der Waals surface area contributed by atoms with Crippen molar-refractivity contribution in [3.8, 4) is 5.75 Å². The van der Waals surface area contributed by atoms with E-state index < -0.39 is 26.8 Å².